The van der Waals surface area contributed by atoms with Crippen molar-refractivity contribution in [2.24, 2.45) is 9.98 Å². The molecule has 0 aromatic heterocycles. The van der Waals surface area contributed by atoms with E-state index in [-0.39, 0.29) is 12.0 Å². The quantitative estimate of drug-likeness (QED) is 0.0291. The van der Waals surface area contributed by atoms with E-state index in [4.69, 9.17) is 29.4 Å². The fraction of sp³-hybridized carbons (Fsp3) is 0.850. The molecule has 37 heavy (non-hydrogen) atoms. The van der Waals surface area contributed by atoms with Crippen molar-refractivity contribution in [3.63, 3.8) is 0 Å². The smallest absolute Gasteiger partial charge is 0.407 e. The molecule has 218 valence electrons. The molecule has 0 heterocycles. The molecule has 1 amide bonds. The minimum absolute atomic E-state index is 0.109. The van der Waals surface area contributed by atoms with E-state index in [1.165, 1.54) is 36.3 Å². The molecule has 0 spiro atoms. The number of alkyl carbamates (subject to hydrolysis) is 1. The highest BCUT2D eigenvalue weighted by molar-refractivity contribution is 8.16. The summed E-state index contributed by atoms with van der Waals surface area (Å²) in [6, 6.07) is 0. The first-order valence-corrected chi connectivity index (χ1v) is 19.5. The molecular formula is C20H39N3O7S7. The maximum absolute atomic E-state index is 11.7. The van der Waals surface area contributed by atoms with Crippen LogP contribution in [0.3, 0.4) is 0 Å². The number of carbonyl (C=O) groups excluding carboxylic acids is 1. The van der Waals surface area contributed by atoms with Crippen molar-refractivity contribution in [2.75, 3.05) is 94.5 Å². The van der Waals surface area contributed by atoms with Gasteiger partial charge in [-0.05, 0) is 5.75 Å². The fourth-order valence-electron chi connectivity index (χ4n) is 1.76. The Morgan fingerprint density at radius 2 is 1.41 bits per heavy atom. The van der Waals surface area contributed by atoms with E-state index in [9.17, 15) is 4.79 Å². The van der Waals surface area contributed by atoms with Crippen molar-refractivity contribution in [3.8, 4) is 0 Å². The zero-order valence-electron chi connectivity index (χ0n) is 21.1. The van der Waals surface area contributed by atoms with Crippen LogP contribution >= 0.6 is 82.3 Å². The predicted octanol–water partition coefficient (Wildman–Crippen LogP) is 4.60. The predicted molar refractivity (Wildman–Crippen MR) is 170 cm³/mol. The van der Waals surface area contributed by atoms with Gasteiger partial charge in [0.15, 0.2) is 0 Å². The van der Waals surface area contributed by atoms with Gasteiger partial charge in [-0.3, -0.25) is 9.98 Å². The largest absolute Gasteiger partial charge is 0.449 e. The number of amides is 1. The summed E-state index contributed by atoms with van der Waals surface area (Å²) in [5.74, 6) is 5.89. The van der Waals surface area contributed by atoms with Gasteiger partial charge in [0, 0.05) is 50.6 Å². The number of nitrogens with one attached hydrogen (secondary N) is 1. The Labute approximate surface area is 250 Å². The van der Waals surface area contributed by atoms with Gasteiger partial charge in [0.05, 0.1) is 19.0 Å². The molecule has 0 atom stereocenters. The number of hydrogen-bond acceptors (Lipinski definition) is 16. The second-order valence-electron chi connectivity index (χ2n) is 6.06. The Morgan fingerprint density at radius 3 is 2.14 bits per heavy atom. The number of rotatable bonds is 29. The Hall–Kier alpha value is 0.540. The lowest BCUT2D eigenvalue weighted by Crippen LogP contribution is -2.27. The molecule has 0 aromatic carbocycles. The zero-order chi connectivity index (χ0) is 26.9. The van der Waals surface area contributed by atoms with Gasteiger partial charge in [-0.15, -0.1) is 70.6 Å². The van der Waals surface area contributed by atoms with E-state index >= 15 is 0 Å². The highest BCUT2D eigenvalue weighted by Crippen LogP contribution is 2.12. The van der Waals surface area contributed by atoms with Gasteiger partial charge in [0.1, 0.15) is 19.2 Å². The standard InChI is InChI=1S/C20H39N3O7S7/c1-2-31-8-3-21-13-28-27-7-12-35-18-33-10-5-23-20(25)26-6-11-34-17-32-9-4-22-14-29-30-16-37-19-36-15-24/h13-14,24H,2-12,15-19H2,1H3,(H,23,25). The van der Waals surface area contributed by atoms with Gasteiger partial charge in [0.25, 0.3) is 0 Å². The number of thioether (sulfide) groups is 7. The lowest BCUT2D eigenvalue weighted by Gasteiger charge is -2.07. The molecule has 0 rings (SSSR count). The summed E-state index contributed by atoms with van der Waals surface area (Å²) in [5, 5.41) is 14.0. The Bertz CT molecular complexity index is 545. The van der Waals surface area contributed by atoms with Crippen LogP contribution in [-0.4, -0.2) is 118 Å². The first-order valence-electron chi connectivity index (χ1n) is 11.4. The molecule has 0 aliphatic rings. The lowest BCUT2D eigenvalue weighted by molar-refractivity contribution is -0.210. The summed E-state index contributed by atoms with van der Waals surface area (Å²) >= 11 is 11.8. The van der Waals surface area contributed by atoms with Gasteiger partial charge >= 0.3 is 6.09 Å². The molecular weight excluding hydrogens is 619 g/mol. The second-order valence-corrected chi connectivity index (χ2v) is 14.9. The molecule has 2 N–H and O–H groups in total. The van der Waals surface area contributed by atoms with Crippen molar-refractivity contribution >= 4 is 101 Å². The lowest BCUT2D eigenvalue weighted by atomic mass is 10.7. The summed E-state index contributed by atoms with van der Waals surface area (Å²) in [7, 11) is 0. The van der Waals surface area contributed by atoms with Gasteiger partial charge in [-0.1, -0.05) is 6.92 Å². The van der Waals surface area contributed by atoms with Gasteiger partial charge in [-0.2, -0.15) is 21.5 Å². The van der Waals surface area contributed by atoms with Crippen LogP contribution in [0.25, 0.3) is 0 Å². The van der Waals surface area contributed by atoms with Crippen molar-refractivity contribution in [3.05, 3.63) is 0 Å². The minimum atomic E-state index is -0.371. The maximum atomic E-state index is 11.7. The van der Waals surface area contributed by atoms with Gasteiger partial charge < -0.3 is 24.9 Å². The van der Waals surface area contributed by atoms with Crippen LogP contribution in [-0.2, 0) is 24.3 Å². The monoisotopic (exact) mass is 657 g/mol. The van der Waals surface area contributed by atoms with E-state index in [1.54, 1.807) is 47.0 Å². The summed E-state index contributed by atoms with van der Waals surface area (Å²) in [5.41, 5.74) is 0. The van der Waals surface area contributed by atoms with Crippen molar-refractivity contribution in [1.82, 2.24) is 5.32 Å². The molecule has 0 saturated carbocycles. The molecule has 10 nitrogen and oxygen atoms in total. The number of ether oxygens (including phenoxy) is 1. The third kappa shape index (κ3) is 34.5. The molecule has 0 bridgehead atoms. The highest BCUT2D eigenvalue weighted by atomic mass is 32.2. The number of carbonyl (C=O) groups is 1. The Balaban J connectivity index is 3.22. The van der Waals surface area contributed by atoms with Crippen LogP contribution in [0.1, 0.15) is 6.92 Å². The number of nitrogens with zero attached hydrogens (tertiary/aromatic N) is 2. The minimum Gasteiger partial charge on any atom is -0.449 e. The fourth-order valence-corrected chi connectivity index (χ4v) is 7.15. The van der Waals surface area contributed by atoms with Crippen LogP contribution in [0, 0.1) is 0 Å². The molecule has 0 saturated heterocycles. The topological polar surface area (TPSA) is 120 Å². The third-order valence-electron chi connectivity index (χ3n) is 3.32. The molecule has 0 unspecified atom stereocenters. The zero-order valence-corrected chi connectivity index (χ0v) is 26.8. The van der Waals surface area contributed by atoms with Crippen LogP contribution < -0.4 is 5.32 Å². The number of aliphatic hydroxyl groups is 1. The second kappa shape index (κ2) is 34.6. The van der Waals surface area contributed by atoms with Crippen LogP contribution in [0.4, 0.5) is 4.79 Å². The average Bonchev–Trinajstić information content (AvgIpc) is 2.90. The Kier molecular flexibility index (Phi) is 35.1. The van der Waals surface area contributed by atoms with E-state index in [0.717, 1.165) is 56.3 Å². The van der Waals surface area contributed by atoms with Crippen molar-refractivity contribution in [1.29, 1.82) is 0 Å². The summed E-state index contributed by atoms with van der Waals surface area (Å²) in [6.45, 7) is 4.99. The molecule has 0 aromatic rings. The van der Waals surface area contributed by atoms with Crippen LogP contribution in [0.2, 0.25) is 0 Å². The Morgan fingerprint density at radius 1 is 0.784 bits per heavy atom. The summed E-state index contributed by atoms with van der Waals surface area (Å²) in [4.78, 5) is 39.4. The maximum Gasteiger partial charge on any atom is 0.407 e. The first kappa shape index (κ1) is 37.5. The van der Waals surface area contributed by atoms with E-state index in [2.05, 4.69) is 22.2 Å². The van der Waals surface area contributed by atoms with Gasteiger partial charge in [-0.25, -0.2) is 4.79 Å². The third-order valence-corrected chi connectivity index (χ3v) is 10.5. The van der Waals surface area contributed by atoms with Crippen LogP contribution in [0.15, 0.2) is 9.98 Å². The van der Waals surface area contributed by atoms with E-state index < -0.39 is 0 Å². The van der Waals surface area contributed by atoms with Crippen LogP contribution in [0.5, 0.6) is 0 Å². The summed E-state index contributed by atoms with van der Waals surface area (Å²) in [6.07, 6.45) is 2.29. The summed E-state index contributed by atoms with van der Waals surface area (Å²) < 4.78 is 5.17. The van der Waals surface area contributed by atoms with E-state index in [1.807, 2.05) is 11.8 Å². The molecule has 0 fully saturated rings. The van der Waals surface area contributed by atoms with E-state index in [0.29, 0.717) is 32.2 Å². The first-order chi connectivity index (χ1) is 18.3. The normalized spacial score (nSPS) is 11.4. The molecule has 0 aliphatic heterocycles. The number of hydrogen-bond donors (Lipinski definition) is 2. The SMILES string of the molecule is CCSCCN=COOCCSCSCCNC(=O)OCCSCSCCN=COOCSCSCO. The molecule has 0 radical (unpaired) electrons. The van der Waals surface area contributed by atoms with Crippen molar-refractivity contribution < 1.29 is 34.2 Å². The molecule has 0 aliphatic carbocycles. The molecule has 17 heteroatoms. The van der Waals surface area contributed by atoms with Crippen molar-refractivity contribution in [2.45, 2.75) is 6.92 Å². The number of aliphatic hydroxyl groups excluding tert-OH is 1. The average molecular weight is 658 g/mol. The highest BCUT2D eigenvalue weighted by Gasteiger charge is 2.01. The van der Waals surface area contributed by atoms with Gasteiger partial charge in [0.2, 0.25) is 12.8 Å². The number of aliphatic imine (C=N–C) groups is 2.